The molecular weight excluding hydrogens is 350 g/mol. The summed E-state index contributed by atoms with van der Waals surface area (Å²) in [6.07, 6.45) is 4.04. The first-order valence-corrected chi connectivity index (χ1v) is 9.08. The molecule has 0 radical (unpaired) electrons. The number of ether oxygens (including phenoxy) is 2. The monoisotopic (exact) mass is 369 g/mol. The van der Waals surface area contributed by atoms with E-state index in [2.05, 4.69) is 15.3 Å². The van der Waals surface area contributed by atoms with Crippen LogP contribution in [0.25, 0.3) is 0 Å². The minimum atomic E-state index is -0.149. The predicted molar refractivity (Wildman–Crippen MR) is 99.3 cm³/mol. The number of thiazole rings is 1. The Morgan fingerprint density at radius 2 is 1.92 bits per heavy atom. The van der Waals surface area contributed by atoms with E-state index in [1.54, 1.807) is 23.7 Å². The van der Waals surface area contributed by atoms with Crippen LogP contribution in [0, 0.1) is 0 Å². The SMILES string of the molecule is O=C(COc1ccccc1)NCCc1csc(COc2cccnc2)n1. The largest absolute Gasteiger partial charge is 0.485 e. The summed E-state index contributed by atoms with van der Waals surface area (Å²) in [6.45, 7) is 0.933. The van der Waals surface area contributed by atoms with Crippen LogP contribution in [-0.4, -0.2) is 29.0 Å². The number of nitrogens with one attached hydrogen (secondary N) is 1. The lowest BCUT2D eigenvalue weighted by atomic mass is 10.3. The Morgan fingerprint density at radius 1 is 1.08 bits per heavy atom. The zero-order valence-electron chi connectivity index (χ0n) is 14.1. The average molecular weight is 369 g/mol. The zero-order valence-corrected chi connectivity index (χ0v) is 14.9. The number of para-hydroxylation sites is 1. The lowest BCUT2D eigenvalue weighted by molar-refractivity contribution is -0.123. The molecule has 1 amide bonds. The van der Waals surface area contributed by atoms with Crippen LogP contribution in [0.1, 0.15) is 10.7 Å². The van der Waals surface area contributed by atoms with Gasteiger partial charge in [-0.1, -0.05) is 18.2 Å². The molecule has 3 aromatic rings. The van der Waals surface area contributed by atoms with Crippen LogP contribution in [0.5, 0.6) is 11.5 Å². The molecule has 26 heavy (non-hydrogen) atoms. The van der Waals surface area contributed by atoms with E-state index in [-0.39, 0.29) is 12.5 Å². The first-order valence-electron chi connectivity index (χ1n) is 8.20. The fraction of sp³-hybridized carbons (Fsp3) is 0.211. The maximum absolute atomic E-state index is 11.8. The van der Waals surface area contributed by atoms with Gasteiger partial charge in [-0.2, -0.15) is 0 Å². The Morgan fingerprint density at radius 3 is 2.73 bits per heavy atom. The quantitative estimate of drug-likeness (QED) is 0.628. The second-order valence-corrected chi connectivity index (χ2v) is 6.35. The van der Waals surface area contributed by atoms with Crippen LogP contribution in [0.4, 0.5) is 0 Å². The molecule has 1 N–H and O–H groups in total. The van der Waals surface area contributed by atoms with Crippen molar-refractivity contribution in [3.63, 3.8) is 0 Å². The highest BCUT2D eigenvalue weighted by atomic mass is 32.1. The highest BCUT2D eigenvalue weighted by Crippen LogP contribution is 2.14. The lowest BCUT2D eigenvalue weighted by Crippen LogP contribution is -2.30. The molecule has 2 heterocycles. The number of benzene rings is 1. The van der Waals surface area contributed by atoms with Gasteiger partial charge < -0.3 is 14.8 Å². The number of carbonyl (C=O) groups excluding carboxylic acids is 1. The molecule has 0 saturated heterocycles. The Kier molecular flexibility index (Phi) is 6.55. The summed E-state index contributed by atoms with van der Waals surface area (Å²) in [5, 5.41) is 5.70. The topological polar surface area (TPSA) is 73.3 Å². The number of hydrogen-bond donors (Lipinski definition) is 1. The number of rotatable bonds is 9. The van der Waals surface area contributed by atoms with Gasteiger partial charge in [-0.15, -0.1) is 11.3 Å². The van der Waals surface area contributed by atoms with Gasteiger partial charge >= 0.3 is 0 Å². The number of carbonyl (C=O) groups is 1. The van der Waals surface area contributed by atoms with Crippen molar-refractivity contribution in [3.05, 3.63) is 70.9 Å². The molecule has 6 nitrogen and oxygen atoms in total. The number of amides is 1. The zero-order chi connectivity index (χ0) is 18.0. The Labute approximate surface area is 155 Å². The summed E-state index contributed by atoms with van der Waals surface area (Å²) < 4.78 is 11.0. The molecule has 0 fully saturated rings. The maximum Gasteiger partial charge on any atom is 0.257 e. The second kappa shape index (κ2) is 9.53. The maximum atomic E-state index is 11.8. The molecule has 0 unspecified atom stereocenters. The van der Waals surface area contributed by atoms with Crippen molar-refractivity contribution in [1.82, 2.24) is 15.3 Å². The lowest BCUT2D eigenvalue weighted by Gasteiger charge is -2.06. The second-order valence-electron chi connectivity index (χ2n) is 5.41. The normalized spacial score (nSPS) is 10.3. The van der Waals surface area contributed by atoms with Gasteiger partial charge in [-0.25, -0.2) is 4.98 Å². The fourth-order valence-electron chi connectivity index (χ4n) is 2.15. The first-order chi connectivity index (χ1) is 12.8. The molecule has 0 aliphatic carbocycles. The molecule has 0 aliphatic rings. The van der Waals surface area contributed by atoms with Gasteiger partial charge in [0, 0.05) is 24.5 Å². The van der Waals surface area contributed by atoms with Gasteiger partial charge in [0.05, 0.1) is 11.9 Å². The third-order valence-electron chi connectivity index (χ3n) is 3.41. The smallest absolute Gasteiger partial charge is 0.257 e. The first kappa shape index (κ1) is 17.9. The third-order valence-corrected chi connectivity index (χ3v) is 4.28. The number of hydrogen-bond acceptors (Lipinski definition) is 6. The molecule has 0 spiro atoms. The van der Waals surface area contributed by atoms with E-state index in [1.165, 1.54) is 0 Å². The van der Waals surface area contributed by atoms with Gasteiger partial charge in [0.15, 0.2) is 6.61 Å². The third kappa shape index (κ3) is 5.86. The van der Waals surface area contributed by atoms with E-state index in [9.17, 15) is 4.79 Å². The Hall–Kier alpha value is -2.93. The molecule has 0 bridgehead atoms. The van der Waals surface area contributed by atoms with Gasteiger partial charge in [-0.3, -0.25) is 9.78 Å². The van der Waals surface area contributed by atoms with E-state index >= 15 is 0 Å². The van der Waals surface area contributed by atoms with Gasteiger partial charge in [-0.05, 0) is 24.3 Å². The molecule has 2 aromatic heterocycles. The minimum absolute atomic E-state index is 0.00524. The number of aromatic nitrogens is 2. The summed E-state index contributed by atoms with van der Waals surface area (Å²) in [4.78, 5) is 20.3. The molecule has 1 aromatic carbocycles. The van der Waals surface area contributed by atoms with Crippen molar-refractivity contribution in [2.45, 2.75) is 13.0 Å². The van der Waals surface area contributed by atoms with Gasteiger partial charge in [0.1, 0.15) is 23.1 Å². The molecule has 134 valence electrons. The average Bonchev–Trinajstić information content (AvgIpc) is 3.14. The van der Waals surface area contributed by atoms with E-state index in [0.717, 1.165) is 16.5 Å². The standard InChI is InChI=1S/C19H19N3O3S/c23-18(12-24-16-5-2-1-3-6-16)21-10-8-15-14-26-19(22-15)13-25-17-7-4-9-20-11-17/h1-7,9,11,14H,8,10,12-13H2,(H,21,23). The van der Waals surface area contributed by atoms with Crippen molar-refractivity contribution in [2.24, 2.45) is 0 Å². The number of pyridine rings is 1. The van der Waals surface area contributed by atoms with Crippen molar-refractivity contribution in [1.29, 1.82) is 0 Å². The van der Waals surface area contributed by atoms with Crippen LogP contribution in [0.2, 0.25) is 0 Å². The highest BCUT2D eigenvalue weighted by Gasteiger charge is 2.06. The molecular formula is C19H19N3O3S. The molecule has 3 rings (SSSR count). The van der Waals surface area contributed by atoms with E-state index < -0.39 is 0 Å². The van der Waals surface area contributed by atoms with Crippen molar-refractivity contribution >= 4 is 17.2 Å². The Balaban J connectivity index is 1.34. The Bertz CT molecular complexity index is 809. The molecule has 0 aliphatic heterocycles. The van der Waals surface area contributed by atoms with Crippen LogP contribution in [0.15, 0.2) is 60.2 Å². The van der Waals surface area contributed by atoms with E-state index in [0.29, 0.717) is 25.3 Å². The van der Waals surface area contributed by atoms with E-state index in [1.807, 2.05) is 47.8 Å². The van der Waals surface area contributed by atoms with Crippen LogP contribution in [-0.2, 0) is 17.8 Å². The summed E-state index contributed by atoms with van der Waals surface area (Å²) in [5.74, 6) is 1.25. The van der Waals surface area contributed by atoms with Crippen molar-refractivity contribution in [3.8, 4) is 11.5 Å². The summed E-state index contributed by atoms with van der Waals surface area (Å²) in [7, 11) is 0. The molecule has 0 atom stereocenters. The van der Waals surface area contributed by atoms with Gasteiger partial charge in [0.2, 0.25) is 0 Å². The van der Waals surface area contributed by atoms with Crippen LogP contribution in [0.3, 0.4) is 0 Å². The van der Waals surface area contributed by atoms with Crippen molar-refractivity contribution in [2.75, 3.05) is 13.2 Å². The summed E-state index contributed by atoms with van der Waals surface area (Å²) >= 11 is 1.54. The minimum Gasteiger partial charge on any atom is -0.485 e. The predicted octanol–water partition coefficient (Wildman–Crippen LogP) is 2.85. The molecule has 0 saturated carbocycles. The summed E-state index contributed by atoms with van der Waals surface area (Å²) in [5.41, 5.74) is 0.934. The molecule has 7 heteroatoms. The van der Waals surface area contributed by atoms with E-state index in [4.69, 9.17) is 9.47 Å². The van der Waals surface area contributed by atoms with Crippen LogP contribution >= 0.6 is 11.3 Å². The highest BCUT2D eigenvalue weighted by molar-refractivity contribution is 7.09. The van der Waals surface area contributed by atoms with Crippen molar-refractivity contribution < 1.29 is 14.3 Å². The van der Waals surface area contributed by atoms with Crippen LogP contribution < -0.4 is 14.8 Å². The number of nitrogens with zero attached hydrogens (tertiary/aromatic N) is 2. The van der Waals surface area contributed by atoms with Gasteiger partial charge in [0.25, 0.3) is 5.91 Å². The fourth-order valence-corrected chi connectivity index (χ4v) is 2.89. The summed E-state index contributed by atoms with van der Waals surface area (Å²) in [6, 6.07) is 12.9.